The molecule has 2 atom stereocenters. The van der Waals surface area contributed by atoms with Gasteiger partial charge in [0.15, 0.2) is 11.6 Å². The quantitative estimate of drug-likeness (QED) is 0.611. The summed E-state index contributed by atoms with van der Waals surface area (Å²) in [5.74, 6) is 1.07. The zero-order valence-electron chi connectivity index (χ0n) is 18.6. The average Bonchev–Trinajstić information content (AvgIpc) is 3.38. The summed E-state index contributed by atoms with van der Waals surface area (Å²) in [7, 11) is 0. The largest absolute Gasteiger partial charge is 0.433 e. The molecule has 0 amide bonds. The van der Waals surface area contributed by atoms with Crippen LogP contribution in [0.1, 0.15) is 58.2 Å². The molecule has 0 saturated carbocycles. The number of rotatable bonds is 6. The number of nitrogen functional groups attached to an aromatic ring is 1. The topological polar surface area (TPSA) is 108 Å². The molecule has 1 aromatic carbocycles. The second-order valence-electron chi connectivity index (χ2n) is 8.58. The molecular weight excluding hydrogens is 390 g/mol. The van der Waals surface area contributed by atoms with E-state index in [0.29, 0.717) is 17.5 Å². The van der Waals surface area contributed by atoms with E-state index in [1.165, 1.54) is 12.8 Å². The fourth-order valence-electron chi connectivity index (χ4n) is 3.89. The highest BCUT2D eigenvalue weighted by Gasteiger charge is 2.22. The van der Waals surface area contributed by atoms with Gasteiger partial charge in [-0.2, -0.15) is 5.10 Å². The predicted molar refractivity (Wildman–Crippen MR) is 123 cm³/mol. The van der Waals surface area contributed by atoms with Crippen LogP contribution in [0.15, 0.2) is 36.8 Å². The maximum atomic E-state index is 6.24. The molecule has 3 aromatic rings. The molecule has 31 heavy (non-hydrogen) atoms. The summed E-state index contributed by atoms with van der Waals surface area (Å²) in [6.45, 7) is 9.40. The minimum atomic E-state index is -0.0871. The Morgan fingerprint density at radius 3 is 2.61 bits per heavy atom. The molecule has 0 spiro atoms. The van der Waals surface area contributed by atoms with Gasteiger partial charge in [-0.05, 0) is 64.3 Å². The zero-order chi connectivity index (χ0) is 22.1. The lowest BCUT2D eigenvalue weighted by Crippen LogP contribution is -2.26. The third kappa shape index (κ3) is 4.49. The van der Waals surface area contributed by atoms with Crippen molar-refractivity contribution in [2.24, 2.45) is 5.73 Å². The fraction of sp³-hybridized carbons (Fsp3) is 0.435. The lowest BCUT2D eigenvalue weighted by atomic mass is 10.0. The van der Waals surface area contributed by atoms with Crippen LogP contribution >= 0.6 is 0 Å². The summed E-state index contributed by atoms with van der Waals surface area (Å²) < 4.78 is 7.73. The van der Waals surface area contributed by atoms with E-state index in [9.17, 15) is 0 Å². The summed E-state index contributed by atoms with van der Waals surface area (Å²) in [5.41, 5.74) is 16.1. The number of anilines is 2. The van der Waals surface area contributed by atoms with Crippen LogP contribution in [0, 0.1) is 0 Å². The zero-order valence-corrected chi connectivity index (χ0v) is 18.6. The number of hydrogen-bond donors (Lipinski definition) is 2. The molecule has 1 aliphatic rings. The lowest BCUT2D eigenvalue weighted by Gasteiger charge is -2.25. The van der Waals surface area contributed by atoms with Crippen molar-refractivity contribution >= 4 is 11.5 Å². The van der Waals surface area contributed by atoms with Gasteiger partial charge in [-0.3, -0.25) is 4.68 Å². The van der Waals surface area contributed by atoms with E-state index in [4.69, 9.17) is 16.2 Å². The van der Waals surface area contributed by atoms with Gasteiger partial charge in [0, 0.05) is 35.9 Å². The molecule has 4 N–H and O–H groups in total. The smallest absolute Gasteiger partial charge is 0.263 e. The molecule has 2 unspecified atom stereocenters. The van der Waals surface area contributed by atoms with Crippen LogP contribution in [-0.2, 0) is 0 Å². The molecule has 1 fully saturated rings. The van der Waals surface area contributed by atoms with Gasteiger partial charge in [0.1, 0.15) is 0 Å². The van der Waals surface area contributed by atoms with Crippen LogP contribution < -0.4 is 21.1 Å². The first-order chi connectivity index (χ1) is 14.8. The number of nitrogens with two attached hydrogens (primary N) is 2. The van der Waals surface area contributed by atoms with E-state index in [1.807, 2.05) is 17.8 Å². The predicted octanol–water partition coefficient (Wildman–Crippen LogP) is 4.30. The SMILES string of the molecule is CC(N)c1cc(-c2cnc(N)c(Oc3cnn(C(C)C)c3)n2)cc(N2CCCC2C)c1. The van der Waals surface area contributed by atoms with E-state index < -0.39 is 0 Å². The highest BCUT2D eigenvalue weighted by atomic mass is 16.5. The van der Waals surface area contributed by atoms with E-state index >= 15 is 0 Å². The number of aromatic nitrogens is 4. The molecular formula is C23H31N7O. The van der Waals surface area contributed by atoms with Crippen molar-refractivity contribution in [3.63, 3.8) is 0 Å². The van der Waals surface area contributed by atoms with Gasteiger partial charge in [-0.25, -0.2) is 9.97 Å². The van der Waals surface area contributed by atoms with E-state index in [0.717, 1.165) is 23.4 Å². The molecule has 0 bridgehead atoms. The molecule has 0 radical (unpaired) electrons. The highest BCUT2D eigenvalue weighted by Crippen LogP contribution is 2.33. The second kappa shape index (κ2) is 8.55. The Hall–Kier alpha value is -3.13. The maximum absolute atomic E-state index is 6.24. The second-order valence-corrected chi connectivity index (χ2v) is 8.58. The Balaban J connectivity index is 1.70. The molecule has 2 aromatic heterocycles. The first kappa shape index (κ1) is 21.1. The van der Waals surface area contributed by atoms with Crippen LogP contribution in [-0.4, -0.2) is 32.3 Å². The highest BCUT2D eigenvalue weighted by molar-refractivity contribution is 5.69. The van der Waals surface area contributed by atoms with Crippen LogP contribution in [0.3, 0.4) is 0 Å². The van der Waals surface area contributed by atoms with Gasteiger partial charge in [-0.15, -0.1) is 0 Å². The first-order valence-electron chi connectivity index (χ1n) is 10.8. The summed E-state index contributed by atoms with van der Waals surface area (Å²) in [4.78, 5) is 11.4. The molecule has 3 heterocycles. The molecule has 4 rings (SSSR count). The molecule has 8 nitrogen and oxygen atoms in total. The summed E-state index contributed by atoms with van der Waals surface area (Å²) in [5, 5.41) is 4.30. The number of ether oxygens (including phenoxy) is 1. The standard InChI is InChI=1S/C23H31N7O/c1-14(2)30-13-20(11-27-30)31-23-22(25)26-12-21(28-23)18-8-17(16(4)24)9-19(10-18)29-7-5-6-15(29)3/h8-16H,5-7,24H2,1-4H3,(H2,25,26). The minimum absolute atomic E-state index is 0.0871. The van der Waals surface area contributed by atoms with Crippen LogP contribution in [0.25, 0.3) is 11.3 Å². The van der Waals surface area contributed by atoms with E-state index in [2.05, 4.69) is 58.9 Å². The summed E-state index contributed by atoms with van der Waals surface area (Å²) >= 11 is 0. The monoisotopic (exact) mass is 421 g/mol. The van der Waals surface area contributed by atoms with Crippen molar-refractivity contribution in [1.82, 2.24) is 19.7 Å². The van der Waals surface area contributed by atoms with Crippen molar-refractivity contribution in [3.8, 4) is 22.9 Å². The van der Waals surface area contributed by atoms with E-state index in [-0.39, 0.29) is 23.8 Å². The Bertz CT molecular complexity index is 1060. The summed E-state index contributed by atoms with van der Waals surface area (Å²) in [6.07, 6.45) is 7.54. The minimum Gasteiger partial charge on any atom is -0.433 e. The Kier molecular flexibility index (Phi) is 5.82. The van der Waals surface area contributed by atoms with Gasteiger partial charge in [-0.1, -0.05) is 0 Å². The van der Waals surface area contributed by atoms with Crippen molar-refractivity contribution in [1.29, 1.82) is 0 Å². The average molecular weight is 422 g/mol. The van der Waals surface area contributed by atoms with Crippen LogP contribution in [0.2, 0.25) is 0 Å². The Morgan fingerprint density at radius 2 is 1.97 bits per heavy atom. The van der Waals surface area contributed by atoms with Gasteiger partial charge in [0.25, 0.3) is 5.88 Å². The maximum Gasteiger partial charge on any atom is 0.263 e. The molecule has 1 aliphatic heterocycles. The molecule has 8 heteroatoms. The van der Waals surface area contributed by atoms with Crippen molar-refractivity contribution in [3.05, 3.63) is 42.4 Å². The Morgan fingerprint density at radius 1 is 1.16 bits per heavy atom. The summed E-state index contributed by atoms with van der Waals surface area (Å²) in [6, 6.07) is 7.04. The molecule has 0 aliphatic carbocycles. The number of nitrogens with zero attached hydrogens (tertiary/aromatic N) is 5. The van der Waals surface area contributed by atoms with E-state index in [1.54, 1.807) is 12.4 Å². The number of benzene rings is 1. The third-order valence-corrected chi connectivity index (χ3v) is 5.73. The number of hydrogen-bond acceptors (Lipinski definition) is 7. The van der Waals surface area contributed by atoms with Gasteiger partial charge in [0.05, 0.1) is 24.3 Å². The van der Waals surface area contributed by atoms with Gasteiger partial charge >= 0.3 is 0 Å². The Labute approximate surface area is 183 Å². The molecule has 164 valence electrons. The van der Waals surface area contributed by atoms with Crippen molar-refractivity contribution < 1.29 is 4.74 Å². The van der Waals surface area contributed by atoms with Crippen molar-refractivity contribution in [2.75, 3.05) is 17.2 Å². The first-order valence-corrected chi connectivity index (χ1v) is 10.8. The van der Waals surface area contributed by atoms with Crippen LogP contribution in [0.5, 0.6) is 11.6 Å². The third-order valence-electron chi connectivity index (χ3n) is 5.73. The fourth-order valence-corrected chi connectivity index (χ4v) is 3.89. The normalized spacial score (nSPS) is 17.4. The lowest BCUT2D eigenvalue weighted by molar-refractivity contribution is 0.460. The van der Waals surface area contributed by atoms with Crippen molar-refractivity contribution in [2.45, 2.75) is 58.7 Å². The van der Waals surface area contributed by atoms with Crippen LogP contribution in [0.4, 0.5) is 11.5 Å². The molecule has 1 saturated heterocycles. The van der Waals surface area contributed by atoms with Gasteiger partial charge in [0.2, 0.25) is 0 Å². The van der Waals surface area contributed by atoms with Gasteiger partial charge < -0.3 is 21.1 Å².